The van der Waals surface area contributed by atoms with Gasteiger partial charge in [0.25, 0.3) is 5.91 Å². The van der Waals surface area contributed by atoms with Crippen LogP contribution in [0.2, 0.25) is 5.02 Å². The molecule has 1 aromatic carbocycles. The maximum Gasteiger partial charge on any atom is 0.255 e. The highest BCUT2D eigenvalue weighted by Crippen LogP contribution is 2.26. The normalized spacial score (nSPS) is 19.9. The van der Waals surface area contributed by atoms with Gasteiger partial charge in [0, 0.05) is 33.6 Å². The summed E-state index contributed by atoms with van der Waals surface area (Å²) in [5.74, 6) is 1.12. The van der Waals surface area contributed by atoms with E-state index in [2.05, 4.69) is 22.9 Å². The maximum atomic E-state index is 12.4. The number of halogens is 2. The molecule has 0 N–H and O–H groups in total. The minimum Gasteiger partial charge on any atom is -0.337 e. The quantitative estimate of drug-likeness (QED) is 0.803. The molecule has 0 aliphatic carbocycles. The molecule has 1 fully saturated rings. The van der Waals surface area contributed by atoms with E-state index in [1.807, 2.05) is 16.7 Å². The van der Waals surface area contributed by atoms with Crippen molar-refractivity contribution in [2.24, 2.45) is 0 Å². The molecule has 98 valence electrons. The Balaban J connectivity index is 2.15. The van der Waals surface area contributed by atoms with E-state index < -0.39 is 0 Å². The van der Waals surface area contributed by atoms with Crippen LogP contribution in [0.25, 0.3) is 0 Å². The molecule has 1 aromatic rings. The first-order valence-corrected chi connectivity index (χ1v) is 8.19. The molecule has 0 aromatic heterocycles. The summed E-state index contributed by atoms with van der Waals surface area (Å²) in [4.78, 5) is 14.4. The van der Waals surface area contributed by atoms with Crippen molar-refractivity contribution < 1.29 is 4.79 Å². The standard InChI is InChI=1S/C13H15BrClNOS/c1-2-10-8-16(5-6-18-10)13(17)11-4-3-9(15)7-12(11)14/h3-4,7,10H,2,5-6,8H2,1H3. The summed E-state index contributed by atoms with van der Waals surface area (Å²) >= 11 is 11.3. The lowest BCUT2D eigenvalue weighted by molar-refractivity contribution is 0.0760. The molecule has 2 rings (SSSR count). The Morgan fingerprint density at radius 3 is 3.06 bits per heavy atom. The van der Waals surface area contributed by atoms with E-state index in [1.165, 1.54) is 0 Å². The zero-order valence-electron chi connectivity index (χ0n) is 10.2. The van der Waals surface area contributed by atoms with Crippen molar-refractivity contribution in [2.75, 3.05) is 18.8 Å². The molecular weight excluding hydrogens is 334 g/mol. The number of nitrogens with zero attached hydrogens (tertiary/aromatic N) is 1. The van der Waals surface area contributed by atoms with Crippen molar-refractivity contribution >= 4 is 45.2 Å². The fraction of sp³-hybridized carbons (Fsp3) is 0.462. The van der Waals surface area contributed by atoms with Crippen LogP contribution >= 0.6 is 39.3 Å². The summed E-state index contributed by atoms with van der Waals surface area (Å²) < 4.78 is 0.770. The molecule has 1 heterocycles. The lowest BCUT2D eigenvalue weighted by atomic mass is 10.2. The molecule has 0 saturated carbocycles. The summed E-state index contributed by atoms with van der Waals surface area (Å²) in [7, 11) is 0. The van der Waals surface area contributed by atoms with Crippen molar-refractivity contribution in [1.29, 1.82) is 0 Å². The number of rotatable bonds is 2. The number of carbonyl (C=O) groups excluding carboxylic acids is 1. The first-order valence-electron chi connectivity index (χ1n) is 5.97. The highest BCUT2D eigenvalue weighted by Gasteiger charge is 2.24. The monoisotopic (exact) mass is 347 g/mol. The van der Waals surface area contributed by atoms with Gasteiger partial charge in [0.2, 0.25) is 0 Å². The number of hydrogen-bond donors (Lipinski definition) is 0. The minimum atomic E-state index is 0.0947. The molecule has 2 nitrogen and oxygen atoms in total. The first-order chi connectivity index (χ1) is 8.61. The largest absolute Gasteiger partial charge is 0.337 e. The summed E-state index contributed by atoms with van der Waals surface area (Å²) in [6, 6.07) is 5.32. The fourth-order valence-electron chi connectivity index (χ4n) is 1.98. The predicted molar refractivity (Wildman–Crippen MR) is 81.6 cm³/mol. The summed E-state index contributed by atoms with van der Waals surface area (Å²) in [5, 5.41) is 1.20. The van der Waals surface area contributed by atoms with Gasteiger partial charge >= 0.3 is 0 Å². The molecule has 0 radical (unpaired) electrons. The van der Waals surface area contributed by atoms with Crippen LogP contribution in [0.3, 0.4) is 0 Å². The fourth-order valence-corrected chi connectivity index (χ4v) is 4.02. The van der Waals surface area contributed by atoms with Gasteiger partial charge < -0.3 is 4.90 Å². The molecule has 5 heteroatoms. The van der Waals surface area contributed by atoms with Crippen LogP contribution in [0, 0.1) is 0 Å². The lowest BCUT2D eigenvalue weighted by Crippen LogP contribution is -2.41. The van der Waals surface area contributed by atoms with Gasteiger partial charge in [-0.25, -0.2) is 0 Å². The van der Waals surface area contributed by atoms with E-state index in [1.54, 1.807) is 18.2 Å². The molecule has 1 aliphatic heterocycles. The van der Waals surface area contributed by atoms with E-state index in [0.29, 0.717) is 15.8 Å². The van der Waals surface area contributed by atoms with E-state index in [9.17, 15) is 4.79 Å². The molecular formula is C13H15BrClNOS. The topological polar surface area (TPSA) is 20.3 Å². The number of benzene rings is 1. The maximum absolute atomic E-state index is 12.4. The number of amides is 1. The van der Waals surface area contributed by atoms with Crippen molar-refractivity contribution in [1.82, 2.24) is 4.90 Å². The van der Waals surface area contributed by atoms with Crippen LogP contribution < -0.4 is 0 Å². The Morgan fingerprint density at radius 1 is 1.61 bits per heavy atom. The summed E-state index contributed by atoms with van der Waals surface area (Å²) in [6.45, 7) is 3.84. The lowest BCUT2D eigenvalue weighted by Gasteiger charge is -2.32. The third-order valence-corrected chi connectivity index (χ3v) is 5.31. The van der Waals surface area contributed by atoms with Gasteiger partial charge in [0.15, 0.2) is 0 Å². The van der Waals surface area contributed by atoms with E-state index in [4.69, 9.17) is 11.6 Å². The van der Waals surface area contributed by atoms with E-state index in [-0.39, 0.29) is 5.91 Å². The molecule has 1 unspecified atom stereocenters. The average Bonchev–Trinajstić information content (AvgIpc) is 2.38. The molecule has 1 aliphatic rings. The predicted octanol–water partition coefficient (Wildman–Crippen LogP) is 4.07. The van der Waals surface area contributed by atoms with Crippen LogP contribution in [-0.4, -0.2) is 34.9 Å². The minimum absolute atomic E-state index is 0.0947. The van der Waals surface area contributed by atoms with Crippen molar-refractivity contribution in [2.45, 2.75) is 18.6 Å². The van der Waals surface area contributed by atoms with Gasteiger partial charge in [-0.15, -0.1) is 0 Å². The van der Waals surface area contributed by atoms with Gasteiger partial charge in [0.1, 0.15) is 0 Å². The molecule has 1 saturated heterocycles. The number of hydrogen-bond acceptors (Lipinski definition) is 2. The van der Waals surface area contributed by atoms with Crippen LogP contribution in [0.4, 0.5) is 0 Å². The highest BCUT2D eigenvalue weighted by atomic mass is 79.9. The van der Waals surface area contributed by atoms with Crippen molar-refractivity contribution in [3.05, 3.63) is 33.3 Å². The average molecular weight is 349 g/mol. The second kappa shape index (κ2) is 6.31. The van der Waals surface area contributed by atoms with Gasteiger partial charge in [-0.3, -0.25) is 4.79 Å². The molecule has 18 heavy (non-hydrogen) atoms. The van der Waals surface area contributed by atoms with Crippen LogP contribution in [0.5, 0.6) is 0 Å². The Hall–Kier alpha value is -0.190. The Kier molecular flexibility index (Phi) is 4.98. The van der Waals surface area contributed by atoms with Crippen molar-refractivity contribution in [3.63, 3.8) is 0 Å². The van der Waals surface area contributed by atoms with E-state index in [0.717, 1.165) is 29.7 Å². The third-order valence-electron chi connectivity index (χ3n) is 3.04. The van der Waals surface area contributed by atoms with Crippen molar-refractivity contribution in [3.8, 4) is 0 Å². The van der Waals surface area contributed by atoms with Gasteiger partial charge in [-0.05, 0) is 40.5 Å². The zero-order chi connectivity index (χ0) is 13.1. The van der Waals surface area contributed by atoms with Crippen LogP contribution in [-0.2, 0) is 0 Å². The SMILES string of the molecule is CCC1CN(C(=O)c2ccc(Cl)cc2Br)CCS1. The number of thioether (sulfide) groups is 1. The third kappa shape index (κ3) is 3.22. The van der Waals surface area contributed by atoms with Gasteiger partial charge in [0.05, 0.1) is 5.56 Å². The Labute approximate surface area is 125 Å². The second-order valence-corrected chi connectivity index (χ2v) is 6.98. The first kappa shape index (κ1) is 14.2. The Bertz CT molecular complexity index is 455. The summed E-state index contributed by atoms with van der Waals surface area (Å²) in [6.07, 6.45) is 1.11. The van der Waals surface area contributed by atoms with E-state index >= 15 is 0 Å². The Morgan fingerprint density at radius 2 is 2.39 bits per heavy atom. The van der Waals surface area contributed by atoms with Crippen LogP contribution in [0.15, 0.2) is 22.7 Å². The van der Waals surface area contributed by atoms with Crippen LogP contribution in [0.1, 0.15) is 23.7 Å². The summed E-state index contributed by atoms with van der Waals surface area (Å²) in [5.41, 5.74) is 0.696. The molecule has 0 bridgehead atoms. The number of carbonyl (C=O) groups is 1. The molecule has 0 spiro atoms. The molecule has 1 atom stereocenters. The highest BCUT2D eigenvalue weighted by molar-refractivity contribution is 9.10. The smallest absolute Gasteiger partial charge is 0.255 e. The van der Waals surface area contributed by atoms with Gasteiger partial charge in [-0.2, -0.15) is 11.8 Å². The second-order valence-electron chi connectivity index (χ2n) is 4.28. The molecule has 1 amide bonds. The zero-order valence-corrected chi connectivity index (χ0v) is 13.3. The van der Waals surface area contributed by atoms with Gasteiger partial charge in [-0.1, -0.05) is 18.5 Å².